The number of ketones is 3. The zero-order valence-electron chi connectivity index (χ0n) is 59.5. The highest BCUT2D eigenvalue weighted by Gasteiger charge is 2.44. The Morgan fingerprint density at radius 2 is 0.932 bits per heavy atom. The Labute approximate surface area is 598 Å². The van der Waals surface area contributed by atoms with E-state index in [4.69, 9.17) is 0 Å². The first-order chi connectivity index (χ1) is 48.6. The van der Waals surface area contributed by atoms with Crippen LogP contribution in [0.2, 0.25) is 0 Å². The van der Waals surface area contributed by atoms with E-state index in [1.807, 2.05) is 6.92 Å². The first-order valence-corrected chi connectivity index (χ1v) is 36.2. The van der Waals surface area contributed by atoms with Crippen LogP contribution in [0.1, 0.15) is 191 Å². The molecule has 4 aromatic heterocycles. The molecule has 3 aliphatic heterocycles. The second kappa shape index (κ2) is 30.2. The number of hydrogen-bond acceptors (Lipinski definition) is 13. The molecule has 27 heteroatoms. The Balaban J connectivity index is 0.000000166. The van der Waals surface area contributed by atoms with Gasteiger partial charge < -0.3 is 50.9 Å². The molecule has 2 bridgehead atoms. The topological polar surface area (TPSA) is 300 Å². The fourth-order valence-corrected chi connectivity index (χ4v) is 18.1. The Bertz CT molecular complexity index is 4980. The van der Waals surface area contributed by atoms with Gasteiger partial charge >= 0.3 is 0 Å². The smallest absolute Gasteiger partial charge is 0.294 e. The van der Waals surface area contributed by atoms with Gasteiger partial charge in [-0.15, -0.1) is 11.3 Å². The first-order valence-electron chi connectivity index (χ1n) is 33.5. The number of Topliss-reactive ketones (excluding diaryl/α,β-unsaturated/α-hetero) is 3. The highest BCUT2D eigenvalue weighted by molar-refractivity contribution is 8.01. The fraction of sp³-hybridized carbons (Fsp3) is 0.342. The van der Waals surface area contributed by atoms with Crippen molar-refractivity contribution in [3.8, 4) is 0 Å². The van der Waals surface area contributed by atoms with Crippen molar-refractivity contribution < 1.29 is 65.3 Å². The van der Waals surface area contributed by atoms with Gasteiger partial charge in [0.2, 0.25) is 5.91 Å². The van der Waals surface area contributed by atoms with Crippen molar-refractivity contribution in [1.82, 2.24) is 34.6 Å². The normalized spacial score (nSPS) is 18.4. The maximum absolute atomic E-state index is 13.6. The number of anilines is 4. The van der Waals surface area contributed by atoms with Crippen molar-refractivity contribution in [2.75, 3.05) is 21.3 Å². The summed E-state index contributed by atoms with van der Waals surface area (Å²) in [5, 5.41) is 20.2. The van der Waals surface area contributed by atoms with Gasteiger partial charge in [-0.2, -0.15) is 0 Å². The predicted molar refractivity (Wildman–Crippen MR) is 389 cm³/mol. The average molecular weight is 1450 g/mol. The second-order valence-corrected chi connectivity index (χ2v) is 31.0. The molecule has 0 radical (unpaired) electrons. The van der Waals surface area contributed by atoms with Gasteiger partial charge in [-0.05, 0) is 229 Å². The number of halogens is 3. The van der Waals surface area contributed by atoms with E-state index < -0.39 is 68.4 Å². The second-order valence-electron chi connectivity index (χ2n) is 26.8. The number of para-hydroxylation sites is 1. The average Bonchev–Trinajstić information content (AvgIpc) is 1.65. The van der Waals surface area contributed by atoms with Crippen molar-refractivity contribution in [1.29, 1.82) is 0 Å². The molecule has 4 unspecified atom stereocenters. The van der Waals surface area contributed by atoms with Gasteiger partial charge in [-0.1, -0.05) is 18.2 Å². The maximum Gasteiger partial charge on any atom is 0.294 e. The largest absolute Gasteiger partial charge is 0.346 e. The van der Waals surface area contributed by atoms with Crippen molar-refractivity contribution >= 4 is 108 Å². The van der Waals surface area contributed by atoms with Crippen molar-refractivity contribution in [3.63, 3.8) is 0 Å². The molecule has 0 saturated carbocycles. The molecular weight excluding hydrogens is 1360 g/mol. The lowest BCUT2D eigenvalue weighted by Crippen LogP contribution is -2.47. The summed E-state index contributed by atoms with van der Waals surface area (Å²) in [5.74, 6) is -3.32. The Morgan fingerprint density at radius 1 is 0.544 bits per heavy atom. The van der Waals surface area contributed by atoms with Crippen LogP contribution in [0.5, 0.6) is 0 Å². The lowest BCUT2D eigenvalue weighted by molar-refractivity contribution is -0.120. The molecule has 103 heavy (non-hydrogen) atoms. The van der Waals surface area contributed by atoms with Crippen LogP contribution in [0.3, 0.4) is 0 Å². The predicted octanol–water partition coefficient (Wildman–Crippen LogP) is 11.3. The summed E-state index contributed by atoms with van der Waals surface area (Å²) in [6.07, 6.45) is 5.40. The van der Waals surface area contributed by atoms with Gasteiger partial charge in [0.15, 0.2) is 0 Å². The molecule has 12 rings (SSSR count). The molecule has 0 spiro atoms. The number of rotatable bonds is 15. The van der Waals surface area contributed by atoms with Crippen LogP contribution in [-0.2, 0) is 56.3 Å². The lowest BCUT2D eigenvalue weighted by Gasteiger charge is -2.31. The monoisotopic (exact) mass is 1450 g/mol. The highest BCUT2D eigenvalue weighted by Crippen LogP contribution is 2.39. The number of carbonyl (C=O) groups excluding carboxylic acids is 10. The summed E-state index contributed by atoms with van der Waals surface area (Å²) in [6.45, 7) is 16.7. The van der Waals surface area contributed by atoms with Gasteiger partial charge in [0, 0.05) is 82.4 Å². The summed E-state index contributed by atoms with van der Waals surface area (Å²) >= 11 is 1.62. The van der Waals surface area contributed by atoms with E-state index >= 15 is 0 Å². The number of carbonyl (C=O) groups is 10. The number of thiazole rings is 1. The van der Waals surface area contributed by atoms with Crippen LogP contribution >= 0.6 is 11.3 Å². The van der Waals surface area contributed by atoms with Gasteiger partial charge in [0.25, 0.3) is 52.8 Å². The van der Waals surface area contributed by atoms with Crippen molar-refractivity contribution in [3.05, 3.63) is 202 Å². The number of aromatic nitrogens is 4. The molecule has 1 aliphatic carbocycles. The van der Waals surface area contributed by atoms with Crippen LogP contribution in [0.4, 0.5) is 35.9 Å². The molecule has 2 fully saturated rings. The summed E-state index contributed by atoms with van der Waals surface area (Å²) in [4.78, 5) is 135. The summed E-state index contributed by atoms with van der Waals surface area (Å²) in [7, 11) is 2.77. The molecule has 7 N–H and O–H groups in total. The van der Waals surface area contributed by atoms with E-state index in [1.165, 1.54) is 53.1 Å². The minimum absolute atomic E-state index is 0.00588. The van der Waals surface area contributed by atoms with E-state index in [1.54, 1.807) is 134 Å². The summed E-state index contributed by atoms with van der Waals surface area (Å²) in [5.41, 5.74) is 8.67. The molecule has 4 atom stereocenters. The molecular formula is C76H82F3N11O11S2. The molecule has 4 aliphatic rings. The zero-order valence-corrected chi connectivity index (χ0v) is 61.1. The number of fused-ring (bicyclic) bond motifs is 4. The summed E-state index contributed by atoms with van der Waals surface area (Å²) < 4.78 is 58.0. The summed E-state index contributed by atoms with van der Waals surface area (Å²) in [6, 6.07) is 18.7. The third-order valence-corrected chi connectivity index (χ3v) is 24.2. The Morgan fingerprint density at radius 3 is 1.34 bits per heavy atom. The van der Waals surface area contributed by atoms with E-state index in [2.05, 4.69) is 48.1 Å². The van der Waals surface area contributed by atoms with Crippen LogP contribution in [0.25, 0.3) is 0 Å². The van der Waals surface area contributed by atoms with Crippen molar-refractivity contribution in [2.45, 2.75) is 149 Å². The number of benzene rings is 4. The van der Waals surface area contributed by atoms with Gasteiger partial charge in [0.05, 0.1) is 63.0 Å². The van der Waals surface area contributed by atoms with Gasteiger partial charge in [-0.25, -0.2) is 18.2 Å². The SMILES string of the molecule is C=S1(=O)C2CCC1CC(NC(=O)C(=O)c1c(C)c(C(=O)Nc3ccc(F)c(C)c3)c(C)n1C)C2.Cc1cc(NC(=O)c2c(C)c(C(=O)C(=O)NC3CC(=O)Nc4ccccc43)n(C)c2C)ccc1F.Cc1nc2c(s1)CCCC2NC(=O)C(=O)c1c(C)c(C(=O)Nc2ccc(F)c(C)c2)c(C)n1C. The molecule has 7 heterocycles. The van der Waals surface area contributed by atoms with E-state index in [0.717, 1.165) is 47.7 Å². The quantitative estimate of drug-likeness (QED) is 0.0286. The minimum atomic E-state index is -2.13. The molecule has 4 aromatic carbocycles. The highest BCUT2D eigenvalue weighted by atomic mass is 32.2. The minimum Gasteiger partial charge on any atom is -0.346 e. The van der Waals surface area contributed by atoms with E-state index in [0.29, 0.717) is 103 Å². The molecule has 2 saturated heterocycles. The molecule has 8 aromatic rings. The number of amides is 7. The van der Waals surface area contributed by atoms with Crippen molar-refractivity contribution in [2.24, 2.45) is 21.1 Å². The number of nitrogens with zero attached hydrogens (tertiary/aromatic N) is 4. The van der Waals surface area contributed by atoms with Crippen LogP contribution < -0.4 is 37.2 Å². The maximum atomic E-state index is 13.6. The number of nitrogens with one attached hydrogen (secondary N) is 7. The lowest BCUT2D eigenvalue weighted by atomic mass is 9.97. The van der Waals surface area contributed by atoms with E-state index in [-0.39, 0.29) is 75.0 Å². The van der Waals surface area contributed by atoms with Gasteiger partial charge in [-0.3, -0.25) is 52.2 Å². The molecule has 7 amide bonds. The molecule has 540 valence electrons. The standard InChI is InChI=1S/C26H25FN4O4.C25H27FN4O3S.C25H30FN3O4S/c1-13-11-16(9-10-18(13)27)28-25(34)22-14(2)23(31(4)15(22)3)24(33)26(35)30-20-12-21(32)29-19-8-6-5-7-17(19)20;1-12-11-16(9-10-17(12)26)28-24(32)20-13(2)22(30(5)14(20)3)23(31)25(33)29-18-7-6-8-19-21(18)27-15(4)34-19;1-13-10-16(6-9-20(13)26)27-24(31)21-14(2)22(29(4)15(21)3)23(30)25(32)28-17-11-18-7-8-19(12-17)34(18,5)33/h5-11,20H,12H2,1-4H3,(H,28,34)(H,29,32)(H,30,35);9-11,18H,6-8H2,1-5H3,(H,28,32)(H,29,33);6,9-10,17-19H,5,7-8,11-12H2,1-4H3,(H,27,31)(H,28,32). The first kappa shape index (κ1) is 75.1. The Hall–Kier alpha value is -10.5. The fourth-order valence-electron chi connectivity index (χ4n) is 14.3. The number of hydrogen-bond donors (Lipinski definition) is 7. The zero-order chi connectivity index (χ0) is 75.1. The van der Waals surface area contributed by atoms with E-state index in [9.17, 15) is 65.3 Å². The molecule has 22 nitrogen and oxygen atoms in total. The van der Waals surface area contributed by atoms with Crippen LogP contribution in [0, 0.1) is 86.7 Å². The van der Waals surface area contributed by atoms with Crippen LogP contribution in [-0.4, -0.2) is 104 Å². The Kier molecular flexibility index (Phi) is 22.0. The third-order valence-electron chi connectivity index (χ3n) is 20.0. The number of aryl methyl sites for hydroxylation is 5. The van der Waals surface area contributed by atoms with Crippen LogP contribution in [0.15, 0.2) is 78.9 Å². The third kappa shape index (κ3) is 15.3. The van der Waals surface area contributed by atoms with Gasteiger partial charge in [0.1, 0.15) is 17.5 Å².